The largest absolute Gasteiger partial charge is 0.394 e. The summed E-state index contributed by atoms with van der Waals surface area (Å²) in [4.78, 5) is 0. The predicted octanol–water partition coefficient (Wildman–Crippen LogP) is -0.340. The van der Waals surface area contributed by atoms with E-state index in [2.05, 4.69) is 10.3 Å². The molecule has 1 fully saturated rings. The van der Waals surface area contributed by atoms with Gasteiger partial charge in [0.05, 0.1) is 12.1 Å². The number of nitrogens with zero attached hydrogens (tertiary/aromatic N) is 3. The number of hydrogen-bond donors (Lipinski definition) is 3. The third-order valence-corrected chi connectivity index (χ3v) is 3.84. The van der Waals surface area contributed by atoms with Gasteiger partial charge in [0.2, 0.25) is 0 Å². The summed E-state index contributed by atoms with van der Waals surface area (Å²) in [6.45, 7) is 3.60. The number of aliphatic hydroxyl groups is 3. The van der Waals surface area contributed by atoms with E-state index in [1.165, 1.54) is 4.68 Å². The molecule has 7 heteroatoms. The van der Waals surface area contributed by atoms with Crippen LogP contribution in [0.4, 0.5) is 0 Å². The first-order valence-corrected chi connectivity index (χ1v) is 6.47. The highest BCUT2D eigenvalue weighted by molar-refractivity contribution is 5.76. The number of hydrogen-bond acceptors (Lipinski definition) is 6. The molecule has 1 aliphatic heterocycles. The lowest BCUT2D eigenvalue weighted by Crippen LogP contribution is -2.33. The van der Waals surface area contributed by atoms with E-state index in [0.29, 0.717) is 5.52 Å². The van der Waals surface area contributed by atoms with E-state index in [4.69, 9.17) is 9.84 Å². The van der Waals surface area contributed by atoms with E-state index >= 15 is 0 Å². The van der Waals surface area contributed by atoms with Gasteiger partial charge >= 0.3 is 0 Å². The van der Waals surface area contributed by atoms with Crippen molar-refractivity contribution in [2.75, 3.05) is 6.61 Å². The molecule has 1 aromatic heterocycles. The zero-order chi connectivity index (χ0) is 14.4. The molecule has 0 amide bonds. The smallest absolute Gasteiger partial charge is 0.181 e. The maximum atomic E-state index is 10.0. The number of rotatable bonds is 2. The first-order valence-electron chi connectivity index (χ1n) is 6.47. The summed E-state index contributed by atoms with van der Waals surface area (Å²) in [5.41, 5.74) is 3.60. The van der Waals surface area contributed by atoms with Crippen LogP contribution in [-0.4, -0.2) is 55.2 Å². The Kier molecular flexibility index (Phi) is 3.21. The second-order valence-electron chi connectivity index (χ2n) is 5.19. The van der Waals surface area contributed by atoms with Gasteiger partial charge in [0.1, 0.15) is 23.8 Å². The highest BCUT2D eigenvalue weighted by Gasteiger charge is 2.44. The molecule has 3 rings (SSSR count). The standard InChI is InChI=1S/C13H17N3O4/c1-6-3-8-9(4-7(6)2)16(15-14-8)13-12(19)11(18)10(5-17)20-13/h3-4,10-13,17-19H,5H2,1-2H3. The topological polar surface area (TPSA) is 101 Å². The van der Waals surface area contributed by atoms with Gasteiger partial charge in [0, 0.05) is 0 Å². The predicted molar refractivity (Wildman–Crippen MR) is 70.0 cm³/mol. The molecule has 2 heterocycles. The van der Waals surface area contributed by atoms with E-state index in [1.807, 2.05) is 26.0 Å². The number of fused-ring (bicyclic) bond motifs is 1. The molecule has 2 aromatic rings. The quantitative estimate of drug-likeness (QED) is 0.695. The molecule has 0 aliphatic carbocycles. The van der Waals surface area contributed by atoms with Crippen LogP contribution in [0.3, 0.4) is 0 Å². The second-order valence-corrected chi connectivity index (χ2v) is 5.19. The van der Waals surface area contributed by atoms with E-state index in [-0.39, 0.29) is 6.61 Å². The number of aliphatic hydroxyl groups excluding tert-OH is 3. The van der Waals surface area contributed by atoms with Crippen LogP contribution in [0.15, 0.2) is 12.1 Å². The summed E-state index contributed by atoms with van der Waals surface area (Å²) in [5.74, 6) is 0. The summed E-state index contributed by atoms with van der Waals surface area (Å²) < 4.78 is 6.92. The van der Waals surface area contributed by atoms with Crippen LogP contribution in [0.1, 0.15) is 17.4 Å². The minimum Gasteiger partial charge on any atom is -0.394 e. The zero-order valence-corrected chi connectivity index (χ0v) is 11.3. The molecule has 20 heavy (non-hydrogen) atoms. The second kappa shape index (κ2) is 4.78. The summed E-state index contributed by atoms with van der Waals surface area (Å²) in [5, 5.41) is 37.0. The van der Waals surface area contributed by atoms with Gasteiger partial charge in [-0.05, 0) is 37.1 Å². The highest BCUT2D eigenvalue weighted by Crippen LogP contribution is 2.31. The van der Waals surface area contributed by atoms with Crippen LogP contribution in [0.25, 0.3) is 11.0 Å². The lowest BCUT2D eigenvalue weighted by molar-refractivity contribution is -0.0572. The summed E-state index contributed by atoms with van der Waals surface area (Å²) in [7, 11) is 0. The monoisotopic (exact) mass is 279 g/mol. The Morgan fingerprint density at radius 3 is 2.55 bits per heavy atom. The number of ether oxygens (including phenoxy) is 1. The molecule has 4 atom stereocenters. The number of aryl methyl sites for hydroxylation is 2. The van der Waals surface area contributed by atoms with E-state index in [1.54, 1.807) is 0 Å². The van der Waals surface area contributed by atoms with Gasteiger partial charge < -0.3 is 20.1 Å². The van der Waals surface area contributed by atoms with Crippen molar-refractivity contribution in [3.05, 3.63) is 23.3 Å². The van der Waals surface area contributed by atoms with Crippen LogP contribution in [-0.2, 0) is 4.74 Å². The molecule has 0 spiro atoms. The lowest BCUT2D eigenvalue weighted by Gasteiger charge is -2.15. The lowest BCUT2D eigenvalue weighted by atomic mass is 10.1. The van der Waals surface area contributed by atoms with Crippen LogP contribution < -0.4 is 0 Å². The average molecular weight is 279 g/mol. The van der Waals surface area contributed by atoms with Crippen molar-refractivity contribution in [3.8, 4) is 0 Å². The summed E-state index contributed by atoms with van der Waals surface area (Å²) >= 11 is 0. The van der Waals surface area contributed by atoms with E-state index < -0.39 is 24.5 Å². The fraction of sp³-hybridized carbons (Fsp3) is 0.538. The average Bonchev–Trinajstić information content (AvgIpc) is 2.94. The van der Waals surface area contributed by atoms with Crippen LogP contribution >= 0.6 is 0 Å². The molecule has 108 valence electrons. The first kappa shape index (κ1) is 13.4. The zero-order valence-electron chi connectivity index (χ0n) is 11.3. The minimum atomic E-state index is -1.15. The Hall–Kier alpha value is -1.54. The maximum Gasteiger partial charge on any atom is 0.181 e. The van der Waals surface area contributed by atoms with Crippen LogP contribution in [0, 0.1) is 13.8 Å². The summed E-state index contributed by atoms with van der Waals surface area (Å²) in [6, 6.07) is 3.83. The van der Waals surface area contributed by atoms with Crippen molar-refractivity contribution in [1.29, 1.82) is 0 Å². The van der Waals surface area contributed by atoms with Crippen LogP contribution in [0.2, 0.25) is 0 Å². The van der Waals surface area contributed by atoms with Crippen LogP contribution in [0.5, 0.6) is 0 Å². The van der Waals surface area contributed by atoms with Gasteiger partial charge in [-0.2, -0.15) is 0 Å². The molecule has 0 saturated carbocycles. The Morgan fingerprint density at radius 1 is 1.20 bits per heavy atom. The SMILES string of the molecule is Cc1cc2nnn(C3OC(CO)C(O)C3O)c2cc1C. The Labute approximate surface area is 115 Å². The molecule has 0 radical (unpaired) electrons. The molecule has 1 aliphatic rings. The molecule has 0 bridgehead atoms. The molecular weight excluding hydrogens is 262 g/mol. The molecule has 1 saturated heterocycles. The highest BCUT2D eigenvalue weighted by atomic mass is 16.6. The fourth-order valence-electron chi connectivity index (χ4n) is 2.46. The van der Waals surface area contributed by atoms with Gasteiger partial charge in [0.15, 0.2) is 6.23 Å². The van der Waals surface area contributed by atoms with Crippen molar-refractivity contribution >= 4 is 11.0 Å². The van der Waals surface area contributed by atoms with Crippen molar-refractivity contribution < 1.29 is 20.1 Å². The Balaban J connectivity index is 2.05. The Morgan fingerprint density at radius 2 is 1.90 bits per heavy atom. The Bertz CT molecular complexity index is 642. The molecule has 4 unspecified atom stereocenters. The molecule has 1 aromatic carbocycles. The van der Waals surface area contributed by atoms with E-state index in [9.17, 15) is 10.2 Å². The van der Waals surface area contributed by atoms with Crippen molar-refractivity contribution in [1.82, 2.24) is 15.0 Å². The number of aromatic nitrogens is 3. The molecule has 7 nitrogen and oxygen atoms in total. The fourth-order valence-corrected chi connectivity index (χ4v) is 2.46. The molecule has 3 N–H and O–H groups in total. The minimum absolute atomic E-state index is 0.362. The van der Waals surface area contributed by atoms with Gasteiger partial charge in [-0.25, -0.2) is 4.68 Å². The van der Waals surface area contributed by atoms with Gasteiger partial charge in [-0.3, -0.25) is 0 Å². The molecular formula is C13H17N3O4. The third-order valence-electron chi connectivity index (χ3n) is 3.84. The van der Waals surface area contributed by atoms with Gasteiger partial charge in [0.25, 0.3) is 0 Å². The normalized spacial score (nSPS) is 30.2. The number of benzene rings is 1. The van der Waals surface area contributed by atoms with Crippen molar-refractivity contribution in [2.24, 2.45) is 0 Å². The van der Waals surface area contributed by atoms with Crippen molar-refractivity contribution in [2.45, 2.75) is 38.4 Å². The van der Waals surface area contributed by atoms with Gasteiger partial charge in [-0.1, -0.05) is 5.21 Å². The first-order chi connectivity index (χ1) is 9.52. The summed E-state index contributed by atoms with van der Waals surface area (Å²) in [6.07, 6.45) is -3.97. The van der Waals surface area contributed by atoms with Crippen molar-refractivity contribution in [3.63, 3.8) is 0 Å². The van der Waals surface area contributed by atoms with Gasteiger partial charge in [-0.15, -0.1) is 5.10 Å². The maximum absolute atomic E-state index is 10.0. The third kappa shape index (κ3) is 1.90. The van der Waals surface area contributed by atoms with E-state index in [0.717, 1.165) is 16.6 Å².